The standard InChI is InChI=1S/C16H21NO4/c1-10(7-12-6-5-11(2)17-9-12)8-13-14(18)20-16(3,4)21-15(13)19/h5-6,9-10,13H,7-8H2,1-4H3/t10-/m0/s1. The van der Waals surface area contributed by atoms with Gasteiger partial charge >= 0.3 is 11.9 Å². The minimum atomic E-state index is -1.16. The molecule has 1 aliphatic heterocycles. The van der Waals surface area contributed by atoms with Gasteiger partial charge in [0.05, 0.1) is 0 Å². The summed E-state index contributed by atoms with van der Waals surface area (Å²) in [4.78, 5) is 28.1. The van der Waals surface area contributed by atoms with Crippen molar-refractivity contribution in [1.82, 2.24) is 4.98 Å². The van der Waals surface area contributed by atoms with Crippen molar-refractivity contribution in [1.29, 1.82) is 0 Å². The predicted octanol–water partition coefficient (Wildman–Crippen LogP) is 2.41. The van der Waals surface area contributed by atoms with Gasteiger partial charge in [-0.05, 0) is 37.3 Å². The molecule has 2 heterocycles. The number of aromatic nitrogens is 1. The topological polar surface area (TPSA) is 65.5 Å². The third-order valence-corrected chi connectivity index (χ3v) is 3.46. The van der Waals surface area contributed by atoms with Gasteiger partial charge in [0, 0.05) is 25.7 Å². The summed E-state index contributed by atoms with van der Waals surface area (Å²) in [5.74, 6) is -2.82. The molecule has 5 heteroatoms. The molecule has 0 bridgehead atoms. The fourth-order valence-corrected chi connectivity index (χ4v) is 2.44. The lowest BCUT2D eigenvalue weighted by Gasteiger charge is -2.33. The predicted molar refractivity (Wildman–Crippen MR) is 76.2 cm³/mol. The van der Waals surface area contributed by atoms with Gasteiger partial charge in [-0.15, -0.1) is 0 Å². The zero-order chi connectivity index (χ0) is 15.6. The quantitative estimate of drug-likeness (QED) is 0.629. The molecule has 2 rings (SSSR count). The summed E-state index contributed by atoms with van der Waals surface area (Å²) in [5, 5.41) is 0. The van der Waals surface area contributed by atoms with E-state index in [0.717, 1.165) is 17.7 Å². The summed E-state index contributed by atoms with van der Waals surface area (Å²) >= 11 is 0. The third kappa shape index (κ3) is 4.03. The van der Waals surface area contributed by atoms with E-state index in [2.05, 4.69) is 4.98 Å². The van der Waals surface area contributed by atoms with Crippen molar-refractivity contribution in [3.63, 3.8) is 0 Å². The molecule has 0 radical (unpaired) electrons. The van der Waals surface area contributed by atoms with Crippen molar-refractivity contribution in [2.75, 3.05) is 0 Å². The van der Waals surface area contributed by atoms with Crippen LogP contribution in [-0.4, -0.2) is 22.7 Å². The number of ether oxygens (including phenoxy) is 2. The van der Waals surface area contributed by atoms with Crippen molar-refractivity contribution in [3.05, 3.63) is 29.6 Å². The Balaban J connectivity index is 1.96. The molecule has 1 fully saturated rings. The van der Waals surface area contributed by atoms with Gasteiger partial charge in [0.1, 0.15) is 0 Å². The van der Waals surface area contributed by atoms with Crippen LogP contribution in [0.2, 0.25) is 0 Å². The second-order valence-corrected chi connectivity index (χ2v) is 6.15. The number of hydrogen-bond acceptors (Lipinski definition) is 5. The summed E-state index contributed by atoms with van der Waals surface area (Å²) < 4.78 is 10.3. The fourth-order valence-electron chi connectivity index (χ4n) is 2.44. The molecule has 1 saturated heterocycles. The molecular weight excluding hydrogens is 270 g/mol. The van der Waals surface area contributed by atoms with Crippen LogP contribution in [0.1, 0.15) is 38.4 Å². The Morgan fingerprint density at radius 2 is 1.86 bits per heavy atom. The fraction of sp³-hybridized carbons (Fsp3) is 0.562. The number of rotatable bonds is 4. The Kier molecular flexibility index (Phi) is 4.30. The Labute approximate surface area is 124 Å². The second kappa shape index (κ2) is 5.84. The first-order valence-corrected chi connectivity index (χ1v) is 7.14. The van der Waals surface area contributed by atoms with Crippen molar-refractivity contribution >= 4 is 11.9 Å². The first-order chi connectivity index (χ1) is 9.77. The second-order valence-electron chi connectivity index (χ2n) is 6.15. The number of aryl methyl sites for hydroxylation is 1. The van der Waals surface area contributed by atoms with E-state index < -0.39 is 23.6 Å². The molecule has 1 aliphatic rings. The number of pyridine rings is 1. The molecule has 0 spiro atoms. The number of esters is 2. The van der Waals surface area contributed by atoms with E-state index in [1.54, 1.807) is 13.8 Å². The molecule has 0 aromatic carbocycles. The average molecular weight is 291 g/mol. The van der Waals surface area contributed by atoms with E-state index in [1.807, 2.05) is 32.2 Å². The molecule has 21 heavy (non-hydrogen) atoms. The largest absolute Gasteiger partial charge is 0.422 e. The Morgan fingerprint density at radius 1 is 1.24 bits per heavy atom. The van der Waals surface area contributed by atoms with E-state index in [9.17, 15) is 9.59 Å². The number of carbonyl (C=O) groups excluding carboxylic acids is 2. The van der Waals surface area contributed by atoms with E-state index in [0.29, 0.717) is 6.42 Å². The summed E-state index contributed by atoms with van der Waals surface area (Å²) in [6.45, 7) is 7.05. The highest BCUT2D eigenvalue weighted by Gasteiger charge is 2.43. The first kappa shape index (κ1) is 15.5. The van der Waals surface area contributed by atoms with Gasteiger partial charge in [0.15, 0.2) is 5.92 Å². The highest BCUT2D eigenvalue weighted by atomic mass is 16.7. The van der Waals surface area contributed by atoms with E-state index in [1.165, 1.54) is 0 Å². The van der Waals surface area contributed by atoms with Crippen LogP contribution in [0.4, 0.5) is 0 Å². The van der Waals surface area contributed by atoms with Crippen molar-refractivity contribution in [3.8, 4) is 0 Å². The maximum absolute atomic E-state index is 11.9. The summed E-state index contributed by atoms with van der Waals surface area (Å²) in [6, 6.07) is 3.97. The van der Waals surface area contributed by atoms with Gasteiger partial charge in [0.2, 0.25) is 0 Å². The normalized spacial score (nSPS) is 19.8. The van der Waals surface area contributed by atoms with Crippen LogP contribution in [0, 0.1) is 18.8 Å². The number of nitrogens with zero attached hydrogens (tertiary/aromatic N) is 1. The Bertz CT molecular complexity index is 516. The number of hydrogen-bond donors (Lipinski definition) is 0. The summed E-state index contributed by atoms with van der Waals surface area (Å²) in [7, 11) is 0. The third-order valence-electron chi connectivity index (χ3n) is 3.46. The van der Waals surface area contributed by atoms with Gasteiger partial charge in [-0.3, -0.25) is 14.6 Å². The SMILES string of the molecule is Cc1ccc(C[C@H](C)CC2C(=O)OC(C)(C)OC2=O)cn1. The number of carbonyl (C=O) groups is 2. The van der Waals surface area contributed by atoms with E-state index in [4.69, 9.17) is 9.47 Å². The zero-order valence-electron chi connectivity index (χ0n) is 12.9. The monoisotopic (exact) mass is 291 g/mol. The van der Waals surface area contributed by atoms with Crippen LogP contribution in [-0.2, 0) is 25.5 Å². The van der Waals surface area contributed by atoms with E-state index in [-0.39, 0.29) is 5.92 Å². The maximum atomic E-state index is 11.9. The minimum absolute atomic E-state index is 0.154. The molecule has 1 aromatic heterocycles. The highest BCUT2D eigenvalue weighted by molar-refractivity contribution is 5.96. The summed E-state index contributed by atoms with van der Waals surface area (Å²) in [5.41, 5.74) is 2.05. The smallest absolute Gasteiger partial charge is 0.323 e. The molecule has 5 nitrogen and oxygen atoms in total. The lowest BCUT2D eigenvalue weighted by Crippen LogP contribution is -2.46. The van der Waals surface area contributed by atoms with Crippen molar-refractivity contribution in [2.24, 2.45) is 11.8 Å². The van der Waals surface area contributed by atoms with Crippen LogP contribution in [0.3, 0.4) is 0 Å². The first-order valence-electron chi connectivity index (χ1n) is 7.14. The van der Waals surface area contributed by atoms with Crippen molar-refractivity contribution < 1.29 is 19.1 Å². The maximum Gasteiger partial charge on any atom is 0.323 e. The molecule has 0 saturated carbocycles. The highest BCUT2D eigenvalue weighted by Crippen LogP contribution is 2.28. The molecule has 1 aromatic rings. The Morgan fingerprint density at radius 3 is 2.38 bits per heavy atom. The molecule has 0 unspecified atom stereocenters. The molecule has 1 atom stereocenters. The van der Waals surface area contributed by atoms with Gasteiger partial charge in [0.25, 0.3) is 5.79 Å². The van der Waals surface area contributed by atoms with Crippen molar-refractivity contribution in [2.45, 2.75) is 46.3 Å². The minimum Gasteiger partial charge on any atom is -0.422 e. The zero-order valence-corrected chi connectivity index (χ0v) is 12.9. The van der Waals surface area contributed by atoms with Gasteiger partial charge < -0.3 is 9.47 Å². The molecule has 0 aliphatic carbocycles. The van der Waals surface area contributed by atoms with E-state index >= 15 is 0 Å². The summed E-state index contributed by atoms with van der Waals surface area (Å²) in [6.07, 6.45) is 3.00. The van der Waals surface area contributed by atoms with Crippen LogP contribution in [0.15, 0.2) is 18.3 Å². The van der Waals surface area contributed by atoms with Gasteiger partial charge in [-0.2, -0.15) is 0 Å². The molecular formula is C16H21NO4. The lowest BCUT2D eigenvalue weighted by atomic mass is 9.90. The van der Waals surface area contributed by atoms with Crippen LogP contribution < -0.4 is 0 Å². The van der Waals surface area contributed by atoms with Crippen LogP contribution >= 0.6 is 0 Å². The van der Waals surface area contributed by atoms with Crippen LogP contribution in [0.25, 0.3) is 0 Å². The molecule has 0 amide bonds. The number of cyclic esters (lactones) is 2. The van der Waals surface area contributed by atoms with Gasteiger partial charge in [-0.1, -0.05) is 13.0 Å². The average Bonchev–Trinajstić information content (AvgIpc) is 2.36. The van der Waals surface area contributed by atoms with Gasteiger partial charge in [-0.25, -0.2) is 0 Å². The Hall–Kier alpha value is -1.91. The molecule has 0 N–H and O–H groups in total. The molecule has 114 valence electrons. The van der Waals surface area contributed by atoms with Crippen LogP contribution in [0.5, 0.6) is 0 Å². The lowest BCUT2D eigenvalue weighted by molar-refractivity contribution is -0.240.